The number of carbonyl (C=O) groups is 2. The summed E-state index contributed by atoms with van der Waals surface area (Å²) >= 11 is 0. The highest BCUT2D eigenvalue weighted by Crippen LogP contribution is 2.23. The van der Waals surface area contributed by atoms with Gasteiger partial charge in [0.2, 0.25) is 5.78 Å². The van der Waals surface area contributed by atoms with E-state index in [-0.39, 0.29) is 5.56 Å². The minimum atomic E-state index is -4.98. The number of aryl methyl sites for hydroxylation is 4. The normalized spacial score (nSPS) is 14.0. The monoisotopic (exact) mass is 346 g/mol. The van der Waals surface area contributed by atoms with Crippen LogP contribution in [-0.4, -0.2) is 17.7 Å². The van der Waals surface area contributed by atoms with Crippen LogP contribution in [0.2, 0.25) is 0 Å². The van der Waals surface area contributed by atoms with Crippen molar-refractivity contribution in [2.45, 2.75) is 38.3 Å². The summed E-state index contributed by atoms with van der Waals surface area (Å²) in [4.78, 5) is 23.5. The van der Waals surface area contributed by atoms with Gasteiger partial charge in [0.25, 0.3) is 0 Å². The Morgan fingerprint density at radius 3 is 1.92 bits per heavy atom. The lowest BCUT2D eigenvalue weighted by Gasteiger charge is -2.14. The van der Waals surface area contributed by atoms with Gasteiger partial charge in [-0.15, -0.1) is 0 Å². The van der Waals surface area contributed by atoms with Gasteiger partial charge >= 0.3 is 6.18 Å². The largest absolute Gasteiger partial charge is 0.450 e. The van der Waals surface area contributed by atoms with E-state index in [0.717, 1.165) is 17.5 Å². The van der Waals surface area contributed by atoms with E-state index >= 15 is 0 Å². The zero-order valence-electron chi connectivity index (χ0n) is 13.5. The van der Waals surface area contributed by atoms with Crippen molar-refractivity contribution in [2.75, 3.05) is 0 Å². The van der Waals surface area contributed by atoms with Gasteiger partial charge in [-0.05, 0) is 54.0 Å². The van der Waals surface area contributed by atoms with E-state index < -0.39 is 24.2 Å². The maximum atomic E-state index is 12.5. The minimum absolute atomic E-state index is 0.241. The molecule has 0 spiro atoms. The molecular weight excluding hydrogens is 329 g/mol. The standard InChI is InChI=1S/C20H17F3O2/c21-20(22,23)19(25)12-18(24)17-11-15-6-5-13-1-3-14(4-2-13)7-9-16(17)10-8-15/h1-4,8,10-11H,5-7,9,12H2. The van der Waals surface area contributed by atoms with Crippen LogP contribution in [0, 0.1) is 0 Å². The molecule has 0 amide bonds. The smallest absolute Gasteiger partial charge is 0.294 e. The van der Waals surface area contributed by atoms with Crippen molar-refractivity contribution in [3.05, 3.63) is 70.3 Å². The summed E-state index contributed by atoms with van der Waals surface area (Å²) in [6.45, 7) is 0. The highest BCUT2D eigenvalue weighted by molar-refractivity contribution is 6.10. The van der Waals surface area contributed by atoms with Gasteiger partial charge in [0.05, 0.1) is 6.42 Å². The number of carbonyl (C=O) groups excluding carboxylic acids is 2. The Hall–Kier alpha value is -2.43. The predicted octanol–water partition coefficient (Wildman–Crippen LogP) is 4.27. The Morgan fingerprint density at radius 2 is 1.32 bits per heavy atom. The molecule has 0 unspecified atom stereocenters. The molecule has 5 heteroatoms. The summed E-state index contributed by atoms with van der Waals surface area (Å²) in [7, 11) is 0. The number of hydrogen-bond acceptors (Lipinski definition) is 2. The second kappa shape index (κ2) is 6.82. The summed E-state index contributed by atoms with van der Waals surface area (Å²) in [6.07, 6.45) is -3.40. The number of halogens is 3. The lowest BCUT2D eigenvalue weighted by molar-refractivity contribution is -0.170. The average molecular weight is 346 g/mol. The van der Waals surface area contributed by atoms with E-state index in [1.54, 1.807) is 12.1 Å². The zero-order chi connectivity index (χ0) is 18.0. The summed E-state index contributed by atoms with van der Waals surface area (Å²) in [6, 6.07) is 13.6. The molecule has 0 N–H and O–H groups in total. The first-order chi connectivity index (χ1) is 11.8. The molecule has 4 aliphatic carbocycles. The maximum Gasteiger partial charge on any atom is 0.450 e. The van der Waals surface area contributed by atoms with E-state index in [1.807, 2.05) is 18.2 Å². The molecule has 0 fully saturated rings. The van der Waals surface area contributed by atoms with Crippen LogP contribution in [0.25, 0.3) is 0 Å². The van der Waals surface area contributed by atoms with Crippen LogP contribution >= 0.6 is 0 Å². The average Bonchev–Trinajstić information content (AvgIpc) is 2.56. The molecule has 0 saturated heterocycles. The lowest BCUT2D eigenvalue weighted by atomic mass is 9.91. The number of alkyl halides is 3. The van der Waals surface area contributed by atoms with Gasteiger partial charge in [-0.25, -0.2) is 0 Å². The summed E-state index contributed by atoms with van der Waals surface area (Å²) in [5.74, 6) is -2.75. The second-order valence-corrected chi connectivity index (χ2v) is 6.33. The van der Waals surface area contributed by atoms with E-state index in [0.29, 0.717) is 24.8 Å². The number of Topliss-reactive ketones (excluding diaryl/α,β-unsaturated/α-hetero) is 2. The van der Waals surface area contributed by atoms with Gasteiger partial charge in [0, 0.05) is 5.56 Å². The van der Waals surface area contributed by atoms with Crippen molar-refractivity contribution in [1.29, 1.82) is 0 Å². The molecule has 0 radical (unpaired) electrons. The topological polar surface area (TPSA) is 34.1 Å². The van der Waals surface area contributed by atoms with Gasteiger partial charge in [-0.2, -0.15) is 13.2 Å². The fraction of sp³-hybridized carbons (Fsp3) is 0.300. The lowest BCUT2D eigenvalue weighted by Crippen LogP contribution is -2.25. The molecule has 4 aliphatic rings. The van der Waals surface area contributed by atoms with E-state index in [9.17, 15) is 22.8 Å². The van der Waals surface area contributed by atoms with Crippen molar-refractivity contribution in [1.82, 2.24) is 0 Å². The first-order valence-corrected chi connectivity index (χ1v) is 8.16. The number of ketones is 2. The predicted molar refractivity (Wildman–Crippen MR) is 87.7 cm³/mol. The fourth-order valence-electron chi connectivity index (χ4n) is 3.04. The molecule has 0 atom stereocenters. The Labute approximate surface area is 143 Å². The number of benzene rings is 2. The first-order valence-electron chi connectivity index (χ1n) is 8.16. The molecule has 2 aromatic carbocycles. The van der Waals surface area contributed by atoms with Crippen LogP contribution in [0.15, 0.2) is 42.5 Å². The van der Waals surface area contributed by atoms with Crippen molar-refractivity contribution < 1.29 is 22.8 Å². The van der Waals surface area contributed by atoms with Gasteiger partial charge in [-0.3, -0.25) is 9.59 Å². The second-order valence-electron chi connectivity index (χ2n) is 6.33. The third-order valence-electron chi connectivity index (χ3n) is 4.52. The van der Waals surface area contributed by atoms with Gasteiger partial charge in [-0.1, -0.05) is 36.4 Å². The molecule has 4 bridgehead atoms. The van der Waals surface area contributed by atoms with Crippen molar-refractivity contribution in [3.8, 4) is 0 Å². The Morgan fingerprint density at radius 1 is 0.800 bits per heavy atom. The third kappa shape index (κ3) is 4.16. The zero-order valence-corrected chi connectivity index (χ0v) is 13.5. The van der Waals surface area contributed by atoms with Crippen molar-refractivity contribution in [2.24, 2.45) is 0 Å². The van der Waals surface area contributed by atoms with Gasteiger partial charge < -0.3 is 0 Å². The highest BCUT2D eigenvalue weighted by atomic mass is 19.4. The van der Waals surface area contributed by atoms with Crippen molar-refractivity contribution in [3.63, 3.8) is 0 Å². The summed E-state index contributed by atoms with van der Waals surface area (Å²) < 4.78 is 37.4. The van der Waals surface area contributed by atoms with E-state index in [2.05, 4.69) is 12.1 Å². The Kier molecular flexibility index (Phi) is 4.75. The molecule has 0 aromatic heterocycles. The Balaban J connectivity index is 1.90. The molecule has 130 valence electrons. The molecular formula is C20H17F3O2. The SMILES string of the molecule is O=C(CC(=O)C(F)(F)F)c1cc2ccc1CCc1ccc(cc1)CC2. The molecule has 2 nitrogen and oxygen atoms in total. The molecule has 0 saturated carbocycles. The van der Waals surface area contributed by atoms with Gasteiger partial charge in [0.15, 0.2) is 5.78 Å². The van der Waals surface area contributed by atoms with E-state index in [1.165, 1.54) is 5.56 Å². The molecule has 0 aliphatic heterocycles. The number of hydrogen-bond donors (Lipinski definition) is 0. The molecule has 25 heavy (non-hydrogen) atoms. The molecule has 2 aromatic rings. The summed E-state index contributed by atoms with van der Waals surface area (Å²) in [5, 5.41) is 0. The van der Waals surface area contributed by atoms with Crippen LogP contribution in [-0.2, 0) is 30.5 Å². The summed E-state index contributed by atoms with van der Waals surface area (Å²) in [5.41, 5.74) is 4.10. The van der Waals surface area contributed by atoms with Crippen LogP contribution < -0.4 is 0 Å². The highest BCUT2D eigenvalue weighted by Gasteiger charge is 2.39. The maximum absolute atomic E-state index is 12.5. The van der Waals surface area contributed by atoms with Crippen molar-refractivity contribution >= 4 is 11.6 Å². The van der Waals surface area contributed by atoms with Crippen LogP contribution in [0.4, 0.5) is 13.2 Å². The fourth-order valence-corrected chi connectivity index (χ4v) is 3.04. The van der Waals surface area contributed by atoms with Gasteiger partial charge in [0.1, 0.15) is 0 Å². The van der Waals surface area contributed by atoms with Crippen LogP contribution in [0.3, 0.4) is 0 Å². The molecule has 6 rings (SSSR count). The van der Waals surface area contributed by atoms with Crippen LogP contribution in [0.5, 0.6) is 0 Å². The Bertz CT molecular complexity index is 805. The minimum Gasteiger partial charge on any atom is -0.294 e. The third-order valence-corrected chi connectivity index (χ3v) is 4.52. The first kappa shape index (κ1) is 17.4. The van der Waals surface area contributed by atoms with Crippen LogP contribution in [0.1, 0.15) is 39.0 Å². The molecule has 0 heterocycles. The quantitative estimate of drug-likeness (QED) is 0.614. The number of rotatable bonds is 3. The van der Waals surface area contributed by atoms with E-state index in [4.69, 9.17) is 0 Å².